The normalized spacial score (nSPS) is 19.1. The van der Waals surface area contributed by atoms with E-state index >= 15 is 0 Å². The first kappa shape index (κ1) is 20.3. The molecule has 1 aromatic rings. The van der Waals surface area contributed by atoms with Crippen molar-refractivity contribution in [3.05, 3.63) is 23.3 Å². The molecule has 2 aliphatic heterocycles. The molecule has 1 atom stereocenters. The molecule has 1 aromatic carbocycles. The Balaban J connectivity index is 2.05. The van der Waals surface area contributed by atoms with Gasteiger partial charge in [-0.2, -0.15) is 8.42 Å². The van der Waals surface area contributed by atoms with Crippen molar-refractivity contribution in [2.24, 2.45) is 0 Å². The molecule has 1 unspecified atom stereocenters. The summed E-state index contributed by atoms with van der Waals surface area (Å²) >= 11 is 0. The number of ether oxygens (including phenoxy) is 1. The van der Waals surface area contributed by atoms with E-state index in [2.05, 4.69) is 0 Å². The molecule has 13 heteroatoms. The summed E-state index contributed by atoms with van der Waals surface area (Å²) in [5.41, 5.74) is -0.650. The van der Waals surface area contributed by atoms with Crippen LogP contribution in [0.15, 0.2) is 12.1 Å². The van der Waals surface area contributed by atoms with Gasteiger partial charge in [-0.25, -0.2) is 4.79 Å². The van der Waals surface area contributed by atoms with Crippen LogP contribution in [0.3, 0.4) is 0 Å². The molecule has 1 saturated heterocycles. The van der Waals surface area contributed by atoms with Crippen molar-refractivity contribution in [1.82, 2.24) is 10.2 Å². The fraction of sp³-hybridized carbons (Fsp3) is 0.312. The molecular formula is C16H14N2O10S. The molecule has 29 heavy (non-hydrogen) atoms. The van der Waals surface area contributed by atoms with E-state index in [-0.39, 0.29) is 29.7 Å². The van der Waals surface area contributed by atoms with Crippen LogP contribution >= 0.6 is 0 Å². The number of hydrogen-bond donors (Lipinski definition) is 2. The number of nitrogens with one attached hydrogen (secondary N) is 1. The first-order valence-electron chi connectivity index (χ1n) is 8.11. The van der Waals surface area contributed by atoms with Crippen LogP contribution in [-0.2, 0) is 24.5 Å². The summed E-state index contributed by atoms with van der Waals surface area (Å²) in [6.45, 7) is -0.880. The summed E-state index contributed by atoms with van der Waals surface area (Å²) in [5.74, 6) is -5.40. The monoisotopic (exact) mass is 426 g/mol. The molecule has 1 fully saturated rings. The zero-order valence-corrected chi connectivity index (χ0v) is 15.6. The van der Waals surface area contributed by atoms with E-state index < -0.39 is 58.1 Å². The molecule has 154 valence electrons. The minimum Gasteiger partial charge on any atom is -0.481 e. The van der Waals surface area contributed by atoms with Crippen LogP contribution in [0.2, 0.25) is 0 Å². The van der Waals surface area contributed by atoms with Gasteiger partial charge in [0.15, 0.2) is 6.61 Å². The van der Waals surface area contributed by atoms with Gasteiger partial charge in [0.05, 0.1) is 17.4 Å². The van der Waals surface area contributed by atoms with E-state index in [0.717, 1.165) is 18.4 Å². The van der Waals surface area contributed by atoms with Crippen LogP contribution in [0.4, 0.5) is 0 Å². The van der Waals surface area contributed by atoms with Crippen LogP contribution in [0, 0.1) is 0 Å². The van der Waals surface area contributed by atoms with Crippen molar-refractivity contribution in [3.8, 4) is 11.5 Å². The predicted molar refractivity (Wildman–Crippen MR) is 91.7 cm³/mol. The number of imide groups is 2. The average molecular weight is 426 g/mol. The van der Waals surface area contributed by atoms with E-state index in [4.69, 9.17) is 14.0 Å². The Morgan fingerprint density at radius 3 is 2.52 bits per heavy atom. The summed E-state index contributed by atoms with van der Waals surface area (Å²) in [4.78, 5) is 60.5. The SMILES string of the molecule is CS(=O)(=O)Oc1cc(OCC(=O)O)c2c(c1)C(=O)N(C1CCC(=O)NC1=O)C2=O. The number of amides is 4. The fourth-order valence-electron chi connectivity index (χ4n) is 3.01. The molecule has 0 saturated carbocycles. The number of aliphatic carboxylic acids is 1. The van der Waals surface area contributed by atoms with Gasteiger partial charge in [-0.05, 0) is 12.5 Å². The molecule has 0 aromatic heterocycles. The zero-order valence-electron chi connectivity index (χ0n) is 14.8. The number of carbonyl (C=O) groups is 5. The number of rotatable bonds is 6. The summed E-state index contributed by atoms with van der Waals surface area (Å²) in [6, 6.07) is 0.685. The Bertz CT molecular complexity index is 1060. The van der Waals surface area contributed by atoms with Gasteiger partial charge in [-0.1, -0.05) is 0 Å². The molecular weight excluding hydrogens is 412 g/mol. The maximum Gasteiger partial charge on any atom is 0.341 e. The summed E-state index contributed by atoms with van der Waals surface area (Å²) in [6.07, 6.45) is 0.573. The Kier molecular flexibility index (Phi) is 5.00. The molecule has 0 aliphatic carbocycles. The smallest absolute Gasteiger partial charge is 0.341 e. The number of nitrogens with zero attached hydrogens (tertiary/aromatic N) is 1. The first-order valence-corrected chi connectivity index (χ1v) is 9.93. The quantitative estimate of drug-likeness (QED) is 0.419. The molecule has 0 bridgehead atoms. The van der Waals surface area contributed by atoms with Gasteiger partial charge in [-0.15, -0.1) is 0 Å². The van der Waals surface area contributed by atoms with E-state index in [1.807, 2.05) is 5.32 Å². The molecule has 2 N–H and O–H groups in total. The van der Waals surface area contributed by atoms with E-state index in [9.17, 15) is 32.4 Å². The average Bonchev–Trinajstić information content (AvgIpc) is 2.83. The Hall–Kier alpha value is -3.48. The van der Waals surface area contributed by atoms with Crippen LogP contribution in [0.5, 0.6) is 11.5 Å². The minimum atomic E-state index is -4.01. The summed E-state index contributed by atoms with van der Waals surface area (Å²) in [7, 11) is -4.01. The van der Waals surface area contributed by atoms with E-state index in [0.29, 0.717) is 4.90 Å². The molecule has 0 spiro atoms. The maximum atomic E-state index is 12.8. The number of piperidine rings is 1. The molecule has 0 radical (unpaired) electrons. The Morgan fingerprint density at radius 2 is 1.93 bits per heavy atom. The molecule has 12 nitrogen and oxygen atoms in total. The molecule has 4 amide bonds. The number of benzene rings is 1. The van der Waals surface area contributed by atoms with Gasteiger partial charge in [0.2, 0.25) is 11.8 Å². The largest absolute Gasteiger partial charge is 0.481 e. The Labute approximate surface area is 163 Å². The van der Waals surface area contributed by atoms with Gasteiger partial charge in [-0.3, -0.25) is 29.4 Å². The third kappa shape index (κ3) is 4.03. The topological polar surface area (TPSA) is 173 Å². The number of carbonyl (C=O) groups excluding carboxylic acids is 4. The second-order valence-electron chi connectivity index (χ2n) is 6.26. The highest BCUT2D eigenvalue weighted by atomic mass is 32.2. The lowest BCUT2D eigenvalue weighted by atomic mass is 10.0. The van der Waals surface area contributed by atoms with Gasteiger partial charge in [0, 0.05) is 12.5 Å². The van der Waals surface area contributed by atoms with Crippen molar-refractivity contribution in [3.63, 3.8) is 0 Å². The number of carboxylic acid groups (broad SMARTS) is 1. The number of hydrogen-bond acceptors (Lipinski definition) is 9. The lowest BCUT2D eigenvalue weighted by Crippen LogP contribution is -2.54. The summed E-state index contributed by atoms with van der Waals surface area (Å²) in [5, 5.41) is 10.8. The van der Waals surface area contributed by atoms with Crippen molar-refractivity contribution < 1.29 is 46.4 Å². The Morgan fingerprint density at radius 1 is 1.24 bits per heavy atom. The third-order valence-electron chi connectivity index (χ3n) is 4.08. The second-order valence-corrected chi connectivity index (χ2v) is 7.84. The van der Waals surface area contributed by atoms with Gasteiger partial charge < -0.3 is 14.0 Å². The number of carboxylic acids is 1. The standard InChI is InChI=1S/C16H14N2O10S/c1-29(25,26)28-7-4-8-13(10(5-7)27-6-12(20)21)16(24)18(15(8)23)9-2-3-11(19)17-14(9)22/h4-5,9H,2-3,6H2,1H3,(H,20,21)(H,17,19,22). The fourth-order valence-corrected chi connectivity index (χ4v) is 3.46. The predicted octanol–water partition coefficient (Wildman–Crippen LogP) is -1.11. The third-order valence-corrected chi connectivity index (χ3v) is 4.57. The van der Waals surface area contributed by atoms with Gasteiger partial charge in [0.1, 0.15) is 17.5 Å². The number of fused-ring (bicyclic) bond motifs is 1. The van der Waals surface area contributed by atoms with Crippen LogP contribution in [0.1, 0.15) is 33.6 Å². The van der Waals surface area contributed by atoms with E-state index in [1.165, 1.54) is 0 Å². The highest BCUT2D eigenvalue weighted by Gasteiger charge is 2.46. The molecule has 2 heterocycles. The highest BCUT2D eigenvalue weighted by Crippen LogP contribution is 2.37. The van der Waals surface area contributed by atoms with Crippen molar-refractivity contribution in [2.75, 3.05) is 12.9 Å². The van der Waals surface area contributed by atoms with Gasteiger partial charge in [0.25, 0.3) is 11.8 Å². The zero-order chi connectivity index (χ0) is 21.5. The van der Waals surface area contributed by atoms with Crippen molar-refractivity contribution >= 4 is 39.7 Å². The summed E-state index contributed by atoms with van der Waals surface area (Å²) < 4.78 is 32.6. The maximum absolute atomic E-state index is 12.8. The van der Waals surface area contributed by atoms with Crippen LogP contribution in [0.25, 0.3) is 0 Å². The minimum absolute atomic E-state index is 0.0887. The lowest BCUT2D eigenvalue weighted by molar-refractivity contribution is -0.139. The molecule has 2 aliphatic rings. The molecule has 3 rings (SSSR count). The lowest BCUT2D eigenvalue weighted by Gasteiger charge is -2.27. The second kappa shape index (κ2) is 7.16. The van der Waals surface area contributed by atoms with Gasteiger partial charge >= 0.3 is 16.1 Å². The van der Waals surface area contributed by atoms with Crippen molar-refractivity contribution in [2.45, 2.75) is 18.9 Å². The first-order chi connectivity index (χ1) is 13.5. The van der Waals surface area contributed by atoms with Crippen LogP contribution < -0.4 is 14.2 Å². The van der Waals surface area contributed by atoms with Crippen LogP contribution in [-0.4, -0.2) is 66.9 Å². The highest BCUT2D eigenvalue weighted by molar-refractivity contribution is 7.86. The van der Waals surface area contributed by atoms with E-state index in [1.54, 1.807) is 0 Å². The van der Waals surface area contributed by atoms with Crippen molar-refractivity contribution in [1.29, 1.82) is 0 Å².